The number of rotatable bonds is 11. The molecule has 64 heavy (non-hydrogen) atoms. The number of benzene rings is 6. The molecule has 0 bridgehead atoms. The summed E-state index contributed by atoms with van der Waals surface area (Å²) in [5.74, 6) is 1.26. The van der Waals surface area contributed by atoms with Gasteiger partial charge in [0.2, 0.25) is 0 Å². The summed E-state index contributed by atoms with van der Waals surface area (Å²) < 4.78 is 1.07. The zero-order valence-electron chi connectivity index (χ0n) is 40.3. The fourth-order valence-corrected chi connectivity index (χ4v) is 40.4. The zero-order valence-corrected chi connectivity index (χ0v) is 45.7. The van der Waals surface area contributed by atoms with Crippen molar-refractivity contribution in [1.29, 1.82) is 0 Å². The van der Waals surface area contributed by atoms with Gasteiger partial charge in [-0.25, -0.2) is 0 Å². The van der Waals surface area contributed by atoms with Gasteiger partial charge in [-0.3, -0.25) is 0 Å². The Hall–Kier alpha value is -3.52. The minimum absolute atomic E-state index is 0.123. The van der Waals surface area contributed by atoms with Crippen LogP contribution in [0.3, 0.4) is 0 Å². The Balaban J connectivity index is 1.44. The van der Waals surface area contributed by atoms with E-state index in [0.29, 0.717) is 11.8 Å². The van der Waals surface area contributed by atoms with Crippen molar-refractivity contribution in [1.82, 2.24) is 0 Å². The van der Waals surface area contributed by atoms with Crippen LogP contribution in [0.5, 0.6) is 0 Å². The minimum atomic E-state index is -5.80. The molecule has 0 nitrogen and oxygen atoms in total. The predicted molar refractivity (Wildman–Crippen MR) is 282 cm³/mol. The van der Waals surface area contributed by atoms with Gasteiger partial charge < -0.3 is 0 Å². The summed E-state index contributed by atoms with van der Waals surface area (Å²) in [5.41, 5.74) is 24.2. The predicted octanol–water partition coefficient (Wildman–Crippen LogP) is 15.6. The Bertz CT molecular complexity index is 2740. The van der Waals surface area contributed by atoms with Crippen molar-refractivity contribution in [2.24, 2.45) is 11.8 Å². The van der Waals surface area contributed by atoms with Gasteiger partial charge in [-0.2, -0.15) is 0 Å². The molecule has 1 heterocycles. The first-order valence-electron chi connectivity index (χ1n) is 24.2. The van der Waals surface area contributed by atoms with E-state index in [1.54, 1.807) is 0 Å². The van der Waals surface area contributed by atoms with E-state index in [-0.39, 0.29) is 19.1 Å². The number of halogens is 2. The molecule has 0 radical (unpaired) electrons. The van der Waals surface area contributed by atoms with Crippen LogP contribution in [0.2, 0.25) is 0 Å². The van der Waals surface area contributed by atoms with Gasteiger partial charge >= 0.3 is 399 Å². The quantitative estimate of drug-likeness (QED) is 0.113. The molecule has 1 aliphatic heterocycles. The summed E-state index contributed by atoms with van der Waals surface area (Å²) in [5, 5.41) is 2.98. The van der Waals surface area contributed by atoms with E-state index in [0.717, 1.165) is 12.8 Å². The molecule has 0 saturated heterocycles. The van der Waals surface area contributed by atoms with E-state index in [2.05, 4.69) is 198 Å². The average molecular weight is 978 g/mol. The molecule has 0 fully saturated rings. The molecular formula is C60H67Cl2SiZr. The standard InChI is InChI=1S/2C24H29.C12H9Si.2ClH.Zr/c2*1-7-18(6)20-13-19-8-9-22(15(2)3)24(23(19)14-20)21-11-16(4)10-17(5)12-21;1-3-7-11-9(5-1)10-6-2-4-8-12(10)13-11;;;/h2*8-15,18H,7H2,1-6H3;1-7H,13H2;2*1H;/q;;;;;+2/p-2. The first kappa shape index (κ1) is 45.6. The first-order chi connectivity index (χ1) is 30.5. The van der Waals surface area contributed by atoms with Crippen molar-refractivity contribution in [2.45, 2.75) is 115 Å². The van der Waals surface area contributed by atoms with Crippen LogP contribution in [-0.2, 0) is 16.4 Å². The normalized spacial score (nSPS) is 18.3. The monoisotopic (exact) mass is 975 g/mol. The van der Waals surface area contributed by atoms with Gasteiger partial charge in [0.05, 0.1) is 0 Å². The molecular weight excluding hydrogens is 911 g/mol. The van der Waals surface area contributed by atoms with E-state index >= 15 is 0 Å². The van der Waals surface area contributed by atoms with Crippen molar-refractivity contribution in [3.63, 3.8) is 0 Å². The molecule has 4 heteroatoms. The van der Waals surface area contributed by atoms with Crippen LogP contribution < -0.4 is 13.6 Å². The molecule has 0 N–H and O–H groups in total. The Morgan fingerprint density at radius 3 is 1.41 bits per heavy atom. The number of hydrogen-bond acceptors (Lipinski definition) is 0. The SMILES string of the molecule is CCC(C)C1=Cc2c(ccc(C(C)C)c2-c2cc(C)cc(C)c2)[CH]1[Zr]([Cl])([Cl])([c]1cccc2c1[SiH2]c1ccccc1-2)[CH]1C(C(C)CC)=Cc2c1ccc(C(C)C)c2-c1cc(C)cc(C)c1. The molecule has 6 aromatic rings. The molecule has 0 amide bonds. The number of fused-ring (bicyclic) bond motifs is 5. The van der Waals surface area contributed by atoms with Crippen molar-refractivity contribution >= 4 is 52.3 Å². The van der Waals surface area contributed by atoms with Crippen LogP contribution in [0.4, 0.5) is 0 Å². The van der Waals surface area contributed by atoms with Gasteiger partial charge in [0.15, 0.2) is 0 Å². The van der Waals surface area contributed by atoms with E-state index in [9.17, 15) is 17.0 Å². The number of allylic oxidation sites excluding steroid dienone is 2. The van der Waals surface area contributed by atoms with E-state index in [1.807, 2.05) is 0 Å². The van der Waals surface area contributed by atoms with Crippen molar-refractivity contribution in [3.8, 4) is 33.4 Å². The van der Waals surface area contributed by atoms with Crippen LogP contribution >= 0.6 is 17.0 Å². The second-order valence-electron chi connectivity index (χ2n) is 20.7. The van der Waals surface area contributed by atoms with Crippen molar-refractivity contribution < 1.29 is 16.4 Å². The molecule has 3 aliphatic rings. The number of hydrogen-bond donors (Lipinski definition) is 0. The van der Waals surface area contributed by atoms with Gasteiger partial charge in [0, 0.05) is 0 Å². The second kappa shape index (κ2) is 17.0. The van der Waals surface area contributed by atoms with Crippen molar-refractivity contribution in [3.05, 3.63) is 170 Å². The van der Waals surface area contributed by atoms with Gasteiger partial charge in [0.1, 0.15) is 0 Å². The average Bonchev–Trinajstić information content (AvgIpc) is 3.97. The summed E-state index contributed by atoms with van der Waals surface area (Å²) in [4.78, 5) is 0. The fourth-order valence-electron chi connectivity index (χ4n) is 12.4. The molecule has 2 aliphatic carbocycles. The van der Waals surface area contributed by atoms with Gasteiger partial charge in [0.25, 0.3) is 0 Å². The molecule has 9 rings (SSSR count). The Morgan fingerprint density at radius 1 is 0.531 bits per heavy atom. The zero-order chi connectivity index (χ0) is 45.6. The van der Waals surface area contributed by atoms with E-state index < -0.39 is 25.9 Å². The third kappa shape index (κ3) is 7.23. The first-order valence-corrected chi connectivity index (χ1v) is 36.0. The topological polar surface area (TPSA) is 0 Å². The summed E-state index contributed by atoms with van der Waals surface area (Å²) >= 11 is -5.80. The maximum absolute atomic E-state index is 9.62. The third-order valence-electron chi connectivity index (χ3n) is 15.6. The van der Waals surface area contributed by atoms with Gasteiger partial charge in [-0.05, 0) is 0 Å². The van der Waals surface area contributed by atoms with Crippen LogP contribution in [0, 0.1) is 39.5 Å². The number of aryl methyl sites for hydroxylation is 4. The van der Waals surface area contributed by atoms with Crippen molar-refractivity contribution in [2.75, 3.05) is 0 Å². The summed E-state index contributed by atoms with van der Waals surface area (Å²) in [6.07, 6.45) is 7.24. The molecule has 6 aromatic carbocycles. The molecule has 329 valence electrons. The maximum atomic E-state index is 9.62. The Morgan fingerprint density at radius 2 is 0.969 bits per heavy atom. The summed E-state index contributed by atoms with van der Waals surface area (Å²) in [7, 11) is 18.3. The third-order valence-corrected chi connectivity index (χ3v) is 38.2. The summed E-state index contributed by atoms with van der Waals surface area (Å²) in [6.45, 7) is 27.9. The van der Waals surface area contributed by atoms with Crippen LogP contribution in [0.15, 0.2) is 114 Å². The molecule has 4 atom stereocenters. The van der Waals surface area contributed by atoms with Crippen LogP contribution in [0.25, 0.3) is 45.5 Å². The summed E-state index contributed by atoms with van der Waals surface area (Å²) in [6, 6.07) is 40.3. The van der Waals surface area contributed by atoms with Crippen LogP contribution in [0.1, 0.15) is 143 Å². The Labute approximate surface area is 395 Å². The van der Waals surface area contributed by atoms with E-state index in [4.69, 9.17) is 0 Å². The van der Waals surface area contributed by atoms with Gasteiger partial charge in [-0.1, -0.05) is 0 Å². The van der Waals surface area contributed by atoms with Crippen LogP contribution in [-0.4, -0.2) is 9.52 Å². The molecule has 0 aromatic heterocycles. The molecule has 0 spiro atoms. The molecule has 4 unspecified atom stereocenters. The Kier molecular flexibility index (Phi) is 12.1. The van der Waals surface area contributed by atoms with E-state index in [1.165, 1.54) is 114 Å². The molecule has 0 saturated carbocycles. The second-order valence-corrected chi connectivity index (χ2v) is 43.1. The fraction of sp³-hybridized carbons (Fsp3) is 0.333. The van der Waals surface area contributed by atoms with Gasteiger partial charge in [-0.15, -0.1) is 0 Å².